The molecule has 2 aromatic carbocycles. The van der Waals surface area contributed by atoms with Crippen LogP contribution in [0.15, 0.2) is 36.4 Å². The van der Waals surface area contributed by atoms with Gasteiger partial charge in [-0.1, -0.05) is 12.1 Å². The molecule has 25 heavy (non-hydrogen) atoms. The number of carboxylic acids is 1. The molecule has 0 fully saturated rings. The van der Waals surface area contributed by atoms with Crippen molar-refractivity contribution < 1.29 is 24.2 Å². The minimum atomic E-state index is -1.01. The van der Waals surface area contributed by atoms with E-state index in [0.29, 0.717) is 29.2 Å². The van der Waals surface area contributed by atoms with Crippen molar-refractivity contribution in [1.82, 2.24) is 0 Å². The van der Waals surface area contributed by atoms with Crippen LogP contribution in [0.4, 0.5) is 5.69 Å². The smallest absolute Gasteiger partial charge is 0.336 e. The molecule has 0 heterocycles. The summed E-state index contributed by atoms with van der Waals surface area (Å²) >= 11 is 0. The second kappa shape index (κ2) is 8.19. The van der Waals surface area contributed by atoms with Gasteiger partial charge in [0.05, 0.1) is 19.8 Å². The van der Waals surface area contributed by atoms with Gasteiger partial charge in [-0.2, -0.15) is 0 Å². The molecule has 132 valence electrons. The third kappa shape index (κ3) is 4.73. The summed E-state index contributed by atoms with van der Waals surface area (Å²) in [6.07, 6.45) is 0.801. The Labute approximate surface area is 146 Å². The first kappa shape index (κ1) is 18.3. The number of rotatable bonds is 7. The number of aryl methyl sites for hydroxylation is 2. The first-order valence-corrected chi connectivity index (χ1v) is 7.79. The molecule has 0 bridgehead atoms. The van der Waals surface area contributed by atoms with E-state index in [1.807, 2.05) is 12.1 Å². The van der Waals surface area contributed by atoms with Crippen LogP contribution in [0.3, 0.4) is 0 Å². The van der Waals surface area contributed by atoms with Crippen LogP contribution in [0.1, 0.15) is 27.9 Å². The predicted octanol–water partition coefficient (Wildman–Crippen LogP) is 3.28. The van der Waals surface area contributed by atoms with Gasteiger partial charge in [-0.05, 0) is 48.7 Å². The number of carbonyl (C=O) groups excluding carboxylic acids is 1. The standard InChI is InChI=1S/C19H21NO5/c1-12-4-7-14(11-15(12)19(22)23)20-18(21)9-6-13-5-8-16(24-2)17(10-13)25-3/h4-5,7-8,10-11H,6,9H2,1-3H3,(H,20,21)(H,22,23). The van der Waals surface area contributed by atoms with Crippen molar-refractivity contribution in [3.63, 3.8) is 0 Å². The van der Waals surface area contributed by atoms with Crippen molar-refractivity contribution in [1.29, 1.82) is 0 Å². The first-order valence-electron chi connectivity index (χ1n) is 7.79. The van der Waals surface area contributed by atoms with Gasteiger partial charge in [0.25, 0.3) is 0 Å². The molecule has 0 saturated heterocycles. The van der Waals surface area contributed by atoms with Crippen LogP contribution in [0.5, 0.6) is 11.5 Å². The van der Waals surface area contributed by atoms with E-state index in [1.54, 1.807) is 39.3 Å². The van der Waals surface area contributed by atoms with Crippen LogP contribution < -0.4 is 14.8 Å². The molecule has 2 N–H and O–H groups in total. The molecule has 0 aliphatic carbocycles. The maximum absolute atomic E-state index is 12.1. The maximum Gasteiger partial charge on any atom is 0.336 e. The normalized spacial score (nSPS) is 10.2. The molecular formula is C19H21NO5. The molecule has 0 aliphatic heterocycles. The number of hydrogen-bond donors (Lipinski definition) is 2. The van der Waals surface area contributed by atoms with Crippen molar-refractivity contribution in [2.45, 2.75) is 19.8 Å². The third-order valence-corrected chi connectivity index (χ3v) is 3.84. The number of nitrogens with one attached hydrogen (secondary N) is 1. The van der Waals surface area contributed by atoms with Gasteiger partial charge in [-0.3, -0.25) is 4.79 Å². The van der Waals surface area contributed by atoms with E-state index in [0.717, 1.165) is 5.56 Å². The Morgan fingerprint density at radius 2 is 1.76 bits per heavy atom. The Hall–Kier alpha value is -3.02. The van der Waals surface area contributed by atoms with Gasteiger partial charge in [0.2, 0.25) is 5.91 Å². The van der Waals surface area contributed by atoms with Gasteiger partial charge in [0, 0.05) is 12.1 Å². The summed E-state index contributed by atoms with van der Waals surface area (Å²) in [6, 6.07) is 10.3. The van der Waals surface area contributed by atoms with Crippen LogP contribution in [-0.4, -0.2) is 31.2 Å². The molecule has 0 aliphatic rings. The highest BCUT2D eigenvalue weighted by atomic mass is 16.5. The van der Waals surface area contributed by atoms with E-state index >= 15 is 0 Å². The second-order valence-electron chi connectivity index (χ2n) is 5.57. The van der Waals surface area contributed by atoms with Crippen molar-refractivity contribution in [3.8, 4) is 11.5 Å². The molecule has 0 aromatic heterocycles. The topological polar surface area (TPSA) is 84.9 Å². The Kier molecular flexibility index (Phi) is 6.00. The third-order valence-electron chi connectivity index (χ3n) is 3.84. The largest absolute Gasteiger partial charge is 0.493 e. The van der Waals surface area contributed by atoms with Crippen LogP contribution >= 0.6 is 0 Å². The molecule has 1 amide bonds. The van der Waals surface area contributed by atoms with E-state index in [4.69, 9.17) is 14.6 Å². The fourth-order valence-corrected chi connectivity index (χ4v) is 2.45. The molecule has 2 rings (SSSR count). The zero-order chi connectivity index (χ0) is 18.4. The number of ether oxygens (including phenoxy) is 2. The zero-order valence-electron chi connectivity index (χ0n) is 14.5. The van der Waals surface area contributed by atoms with Crippen LogP contribution in [0.25, 0.3) is 0 Å². The number of carbonyl (C=O) groups is 2. The number of hydrogen-bond acceptors (Lipinski definition) is 4. The highest BCUT2D eigenvalue weighted by Crippen LogP contribution is 2.28. The lowest BCUT2D eigenvalue weighted by Gasteiger charge is -2.10. The lowest BCUT2D eigenvalue weighted by atomic mass is 10.1. The van der Waals surface area contributed by atoms with E-state index < -0.39 is 5.97 Å². The predicted molar refractivity (Wildman–Crippen MR) is 94.6 cm³/mol. The van der Waals surface area contributed by atoms with E-state index in [1.165, 1.54) is 6.07 Å². The molecular weight excluding hydrogens is 322 g/mol. The molecule has 2 aromatic rings. The van der Waals surface area contributed by atoms with Crippen molar-refractivity contribution >= 4 is 17.6 Å². The van der Waals surface area contributed by atoms with Crippen molar-refractivity contribution in [2.24, 2.45) is 0 Å². The van der Waals surface area contributed by atoms with Gasteiger partial charge in [0.1, 0.15) is 0 Å². The van der Waals surface area contributed by atoms with Crippen LogP contribution in [0.2, 0.25) is 0 Å². The number of carboxylic acid groups (broad SMARTS) is 1. The van der Waals surface area contributed by atoms with E-state index in [-0.39, 0.29) is 17.9 Å². The monoisotopic (exact) mass is 343 g/mol. The molecule has 6 nitrogen and oxygen atoms in total. The highest BCUT2D eigenvalue weighted by Gasteiger charge is 2.10. The van der Waals surface area contributed by atoms with Gasteiger partial charge in [-0.25, -0.2) is 4.79 Å². The number of anilines is 1. The van der Waals surface area contributed by atoms with Crippen LogP contribution in [-0.2, 0) is 11.2 Å². The first-order chi connectivity index (χ1) is 11.9. The van der Waals surface area contributed by atoms with Crippen molar-refractivity contribution in [2.75, 3.05) is 19.5 Å². The van der Waals surface area contributed by atoms with Crippen LogP contribution in [0, 0.1) is 6.92 Å². The Morgan fingerprint density at radius 1 is 1.04 bits per heavy atom. The summed E-state index contributed by atoms with van der Waals surface area (Å²) in [5.41, 5.74) is 2.25. The Bertz CT molecular complexity index is 785. The van der Waals surface area contributed by atoms with E-state index in [2.05, 4.69) is 5.32 Å². The molecule has 6 heteroatoms. The summed E-state index contributed by atoms with van der Waals surface area (Å²) in [4.78, 5) is 23.3. The lowest BCUT2D eigenvalue weighted by molar-refractivity contribution is -0.116. The lowest BCUT2D eigenvalue weighted by Crippen LogP contribution is -2.13. The average Bonchev–Trinajstić information content (AvgIpc) is 2.61. The second-order valence-corrected chi connectivity index (χ2v) is 5.57. The Morgan fingerprint density at radius 3 is 2.40 bits per heavy atom. The SMILES string of the molecule is COc1ccc(CCC(=O)Nc2ccc(C)c(C(=O)O)c2)cc1OC. The Balaban J connectivity index is 1.99. The van der Waals surface area contributed by atoms with Crippen molar-refractivity contribution in [3.05, 3.63) is 53.1 Å². The van der Waals surface area contributed by atoms with E-state index in [9.17, 15) is 9.59 Å². The minimum Gasteiger partial charge on any atom is -0.493 e. The number of benzene rings is 2. The highest BCUT2D eigenvalue weighted by molar-refractivity contribution is 5.94. The maximum atomic E-state index is 12.1. The quantitative estimate of drug-likeness (QED) is 0.806. The molecule has 0 unspecified atom stereocenters. The van der Waals surface area contributed by atoms with Gasteiger partial charge >= 0.3 is 5.97 Å². The molecule has 0 spiro atoms. The fraction of sp³-hybridized carbons (Fsp3) is 0.263. The summed E-state index contributed by atoms with van der Waals surface area (Å²) in [7, 11) is 3.13. The summed E-state index contributed by atoms with van der Waals surface area (Å²) in [5, 5.41) is 11.9. The summed E-state index contributed by atoms with van der Waals surface area (Å²) in [5.74, 6) is 0.0514. The number of methoxy groups -OCH3 is 2. The summed E-state index contributed by atoms with van der Waals surface area (Å²) in [6.45, 7) is 1.71. The molecule has 0 atom stereocenters. The molecule has 0 saturated carbocycles. The number of amides is 1. The van der Waals surface area contributed by atoms with Gasteiger partial charge < -0.3 is 19.9 Å². The fourth-order valence-electron chi connectivity index (χ4n) is 2.45. The number of aromatic carboxylic acids is 1. The minimum absolute atomic E-state index is 0.178. The average molecular weight is 343 g/mol. The zero-order valence-corrected chi connectivity index (χ0v) is 14.5. The molecule has 0 radical (unpaired) electrons. The summed E-state index contributed by atoms with van der Waals surface area (Å²) < 4.78 is 10.4. The van der Waals surface area contributed by atoms with Gasteiger partial charge in [-0.15, -0.1) is 0 Å². The van der Waals surface area contributed by atoms with Gasteiger partial charge in [0.15, 0.2) is 11.5 Å².